The van der Waals surface area contributed by atoms with Crippen LogP contribution in [0, 0.1) is 11.6 Å². The minimum atomic E-state index is -0.599. The number of hydrogen-bond donors (Lipinski definition) is 2. The first kappa shape index (κ1) is 14.3. The maximum Gasteiger partial charge on any atom is 0.132 e. The Morgan fingerprint density at radius 2 is 2.00 bits per heavy atom. The van der Waals surface area contributed by atoms with Crippen molar-refractivity contribution >= 4 is 15.9 Å². The molecule has 3 N–H and O–H groups in total. The van der Waals surface area contributed by atoms with Crippen LogP contribution in [-0.2, 0) is 0 Å². The zero-order chi connectivity index (χ0) is 12.8. The molecule has 0 radical (unpaired) electrons. The molecule has 5 heteroatoms. The number of halogens is 3. The fourth-order valence-electron chi connectivity index (χ4n) is 1.66. The monoisotopic (exact) mass is 304 g/mol. The Balaban J connectivity index is 2.91. The highest BCUT2D eigenvalue weighted by molar-refractivity contribution is 9.10. The third-order valence-electron chi connectivity index (χ3n) is 2.49. The summed E-state index contributed by atoms with van der Waals surface area (Å²) in [5, 5.41) is 0. The van der Waals surface area contributed by atoms with Gasteiger partial charge in [0.2, 0.25) is 0 Å². The first-order valence-corrected chi connectivity index (χ1v) is 6.11. The molecule has 1 aromatic rings. The average Bonchev–Trinajstić information content (AvgIpc) is 2.25. The summed E-state index contributed by atoms with van der Waals surface area (Å²) in [6, 6.07) is 1.94. The first-order valence-electron chi connectivity index (χ1n) is 5.31. The summed E-state index contributed by atoms with van der Waals surface area (Å²) < 4.78 is 27.7. The van der Waals surface area contributed by atoms with E-state index in [1.165, 1.54) is 12.1 Å². The molecule has 0 aromatic heterocycles. The summed E-state index contributed by atoms with van der Waals surface area (Å²) in [4.78, 5) is 0. The normalized spacial score (nSPS) is 12.5. The second-order valence-electron chi connectivity index (χ2n) is 3.72. The second kappa shape index (κ2) is 6.83. The molecular formula is C12H15BrF2N2. The van der Waals surface area contributed by atoms with E-state index in [4.69, 9.17) is 5.84 Å². The van der Waals surface area contributed by atoms with E-state index in [1.54, 1.807) is 6.08 Å². The van der Waals surface area contributed by atoms with Crippen molar-refractivity contribution in [3.05, 3.63) is 46.5 Å². The molecule has 0 fully saturated rings. The van der Waals surface area contributed by atoms with Crippen LogP contribution in [0.4, 0.5) is 8.78 Å². The Kier molecular flexibility index (Phi) is 5.74. The fraction of sp³-hybridized carbons (Fsp3) is 0.333. The van der Waals surface area contributed by atoms with Gasteiger partial charge in [-0.3, -0.25) is 11.3 Å². The van der Waals surface area contributed by atoms with E-state index in [9.17, 15) is 8.78 Å². The van der Waals surface area contributed by atoms with Crippen molar-refractivity contribution < 1.29 is 8.78 Å². The molecule has 94 valence electrons. The Morgan fingerprint density at radius 3 is 2.47 bits per heavy atom. The van der Waals surface area contributed by atoms with Crippen molar-refractivity contribution in [3.8, 4) is 0 Å². The Labute approximate surface area is 108 Å². The van der Waals surface area contributed by atoms with Gasteiger partial charge in [-0.15, -0.1) is 6.58 Å². The lowest BCUT2D eigenvalue weighted by Crippen LogP contribution is -2.29. The van der Waals surface area contributed by atoms with E-state index < -0.39 is 17.7 Å². The minimum Gasteiger partial charge on any atom is -0.271 e. The van der Waals surface area contributed by atoms with Crippen LogP contribution >= 0.6 is 15.9 Å². The third-order valence-corrected chi connectivity index (χ3v) is 2.95. The molecule has 1 atom stereocenters. The Bertz CT molecular complexity index is 373. The van der Waals surface area contributed by atoms with Crippen LogP contribution in [0.1, 0.15) is 30.9 Å². The van der Waals surface area contributed by atoms with Crippen molar-refractivity contribution in [1.29, 1.82) is 0 Å². The number of benzene rings is 1. The maximum absolute atomic E-state index is 13.7. The predicted octanol–water partition coefficient (Wildman–Crippen LogP) is 3.59. The number of hydrazine groups is 1. The van der Waals surface area contributed by atoms with Crippen molar-refractivity contribution in [2.75, 3.05) is 0 Å². The van der Waals surface area contributed by atoms with E-state index in [1.807, 2.05) is 0 Å². The number of unbranched alkanes of at least 4 members (excludes halogenated alkanes) is 1. The lowest BCUT2D eigenvalue weighted by Gasteiger charge is -2.17. The molecule has 0 saturated heterocycles. The van der Waals surface area contributed by atoms with Crippen LogP contribution in [0.25, 0.3) is 0 Å². The van der Waals surface area contributed by atoms with Crippen LogP contribution in [0.5, 0.6) is 0 Å². The first-order chi connectivity index (χ1) is 8.10. The van der Waals surface area contributed by atoms with Crippen molar-refractivity contribution in [1.82, 2.24) is 5.43 Å². The summed E-state index contributed by atoms with van der Waals surface area (Å²) in [5.74, 6) is 4.14. The SMILES string of the molecule is C=CCCCC(NN)c1c(F)cc(Br)cc1F. The summed E-state index contributed by atoms with van der Waals surface area (Å²) in [7, 11) is 0. The molecule has 1 rings (SSSR count). The molecule has 0 aliphatic heterocycles. The van der Waals surface area contributed by atoms with E-state index in [-0.39, 0.29) is 5.56 Å². The van der Waals surface area contributed by atoms with Crippen LogP contribution < -0.4 is 11.3 Å². The van der Waals surface area contributed by atoms with Gasteiger partial charge in [0, 0.05) is 10.0 Å². The van der Waals surface area contributed by atoms with Gasteiger partial charge in [-0.05, 0) is 31.4 Å². The quantitative estimate of drug-likeness (QED) is 0.365. The molecule has 17 heavy (non-hydrogen) atoms. The molecular weight excluding hydrogens is 290 g/mol. The van der Waals surface area contributed by atoms with E-state index in [2.05, 4.69) is 27.9 Å². The van der Waals surface area contributed by atoms with Crippen LogP contribution in [0.15, 0.2) is 29.3 Å². The number of rotatable bonds is 6. The second-order valence-corrected chi connectivity index (χ2v) is 4.64. The van der Waals surface area contributed by atoms with Gasteiger partial charge < -0.3 is 0 Å². The van der Waals surface area contributed by atoms with Gasteiger partial charge >= 0.3 is 0 Å². The van der Waals surface area contributed by atoms with Crippen LogP contribution in [0.3, 0.4) is 0 Å². The van der Waals surface area contributed by atoms with E-state index in [0.29, 0.717) is 10.9 Å². The van der Waals surface area contributed by atoms with Crippen molar-refractivity contribution in [3.63, 3.8) is 0 Å². The molecule has 0 heterocycles. The molecule has 0 amide bonds. The van der Waals surface area contributed by atoms with Gasteiger partial charge in [-0.25, -0.2) is 8.78 Å². The number of nitrogens with two attached hydrogens (primary N) is 1. The van der Waals surface area contributed by atoms with Crippen molar-refractivity contribution in [2.45, 2.75) is 25.3 Å². The number of hydrogen-bond acceptors (Lipinski definition) is 2. The molecule has 0 aliphatic rings. The van der Waals surface area contributed by atoms with Gasteiger partial charge in [0.05, 0.1) is 6.04 Å². The largest absolute Gasteiger partial charge is 0.271 e. The maximum atomic E-state index is 13.7. The number of allylic oxidation sites excluding steroid dienone is 1. The third kappa shape index (κ3) is 3.87. The molecule has 0 spiro atoms. The van der Waals surface area contributed by atoms with Gasteiger partial charge in [0.25, 0.3) is 0 Å². The number of nitrogens with one attached hydrogen (secondary N) is 1. The average molecular weight is 305 g/mol. The molecule has 2 nitrogen and oxygen atoms in total. The van der Waals surface area contributed by atoms with Crippen LogP contribution in [-0.4, -0.2) is 0 Å². The minimum absolute atomic E-state index is 0.0141. The molecule has 0 aliphatic carbocycles. The molecule has 0 bridgehead atoms. The summed E-state index contributed by atoms with van der Waals surface area (Å²) in [6.07, 6.45) is 3.88. The lowest BCUT2D eigenvalue weighted by atomic mass is 10.0. The molecule has 1 aromatic carbocycles. The highest BCUT2D eigenvalue weighted by Gasteiger charge is 2.19. The zero-order valence-electron chi connectivity index (χ0n) is 9.35. The van der Waals surface area contributed by atoms with Gasteiger partial charge in [0.15, 0.2) is 0 Å². The van der Waals surface area contributed by atoms with Gasteiger partial charge in [0.1, 0.15) is 11.6 Å². The van der Waals surface area contributed by atoms with Gasteiger partial charge in [-0.1, -0.05) is 22.0 Å². The van der Waals surface area contributed by atoms with Crippen molar-refractivity contribution in [2.24, 2.45) is 5.84 Å². The van der Waals surface area contributed by atoms with E-state index in [0.717, 1.165) is 12.8 Å². The topological polar surface area (TPSA) is 38.0 Å². The summed E-state index contributed by atoms with van der Waals surface area (Å²) >= 11 is 3.04. The highest BCUT2D eigenvalue weighted by Crippen LogP contribution is 2.27. The smallest absolute Gasteiger partial charge is 0.132 e. The van der Waals surface area contributed by atoms with E-state index >= 15 is 0 Å². The van der Waals surface area contributed by atoms with Gasteiger partial charge in [-0.2, -0.15) is 0 Å². The zero-order valence-corrected chi connectivity index (χ0v) is 10.9. The lowest BCUT2D eigenvalue weighted by molar-refractivity contribution is 0.445. The van der Waals surface area contributed by atoms with Crippen LogP contribution in [0.2, 0.25) is 0 Å². The highest BCUT2D eigenvalue weighted by atomic mass is 79.9. The fourth-order valence-corrected chi connectivity index (χ4v) is 2.07. The Morgan fingerprint density at radius 1 is 1.41 bits per heavy atom. The standard InChI is InChI=1S/C12H15BrF2N2/c1-2-3-4-5-11(17-16)12-9(14)6-8(13)7-10(12)15/h2,6-7,11,17H,1,3-5,16H2. The predicted molar refractivity (Wildman–Crippen MR) is 68.2 cm³/mol. The Hall–Kier alpha value is -0.780. The molecule has 1 unspecified atom stereocenters. The summed E-state index contributed by atoms with van der Waals surface area (Å²) in [5.41, 5.74) is 2.43. The summed E-state index contributed by atoms with van der Waals surface area (Å²) in [6.45, 7) is 3.60. The molecule has 0 saturated carbocycles.